The van der Waals surface area contributed by atoms with E-state index in [9.17, 15) is 9.59 Å². The zero-order valence-electron chi connectivity index (χ0n) is 17.4. The first-order chi connectivity index (χ1) is 15.1. The van der Waals surface area contributed by atoms with Gasteiger partial charge in [-0.05, 0) is 55.0 Å². The fourth-order valence-corrected chi connectivity index (χ4v) is 4.26. The standard InChI is InChI=1S/C25H22N4O2/c1-3-26-24(30)18-8-4-7-16(13-18)15-29-20-11-5-10-19-22(20)21(28(2)25(19)31)14-17-9-6-12-27-23(17)29/h4-14H,3,15H2,1-2H3,(H,26,30). The number of amides is 2. The van der Waals surface area contributed by atoms with Crippen LogP contribution in [0.15, 0.2) is 60.8 Å². The van der Waals surface area contributed by atoms with Gasteiger partial charge in [-0.2, -0.15) is 0 Å². The van der Waals surface area contributed by atoms with Crippen molar-refractivity contribution < 1.29 is 9.59 Å². The topological polar surface area (TPSA) is 65.5 Å². The number of hydrogen-bond donors (Lipinski definition) is 1. The largest absolute Gasteiger partial charge is 0.352 e. The van der Waals surface area contributed by atoms with E-state index >= 15 is 0 Å². The highest BCUT2D eigenvalue weighted by atomic mass is 16.2. The van der Waals surface area contributed by atoms with Crippen LogP contribution in [0.5, 0.6) is 0 Å². The van der Waals surface area contributed by atoms with Crippen LogP contribution in [0.4, 0.5) is 11.5 Å². The molecule has 3 aromatic rings. The smallest absolute Gasteiger partial charge is 0.258 e. The van der Waals surface area contributed by atoms with Crippen molar-refractivity contribution in [3.05, 3.63) is 88.6 Å². The first kappa shape index (κ1) is 19.1. The summed E-state index contributed by atoms with van der Waals surface area (Å²) in [5.74, 6) is 0.728. The van der Waals surface area contributed by atoms with E-state index in [2.05, 4.69) is 15.2 Å². The van der Waals surface area contributed by atoms with Gasteiger partial charge >= 0.3 is 0 Å². The molecule has 0 saturated carbocycles. The summed E-state index contributed by atoms with van der Waals surface area (Å²) in [6.07, 6.45) is 3.81. The molecule has 0 saturated heterocycles. The highest BCUT2D eigenvalue weighted by Gasteiger charge is 2.35. The molecular weight excluding hydrogens is 388 g/mol. The van der Waals surface area contributed by atoms with Crippen molar-refractivity contribution in [3.63, 3.8) is 0 Å². The molecule has 2 aliphatic heterocycles. The minimum Gasteiger partial charge on any atom is -0.352 e. The van der Waals surface area contributed by atoms with Gasteiger partial charge in [-0.3, -0.25) is 9.59 Å². The average molecular weight is 410 g/mol. The third-order valence-electron chi connectivity index (χ3n) is 5.72. The maximum Gasteiger partial charge on any atom is 0.258 e. The lowest BCUT2D eigenvalue weighted by atomic mass is 10.0. The Morgan fingerprint density at radius 3 is 2.77 bits per heavy atom. The summed E-state index contributed by atoms with van der Waals surface area (Å²) in [6.45, 7) is 3.01. The van der Waals surface area contributed by atoms with Gasteiger partial charge in [0.2, 0.25) is 0 Å². The highest BCUT2D eigenvalue weighted by molar-refractivity contribution is 6.15. The summed E-state index contributed by atoms with van der Waals surface area (Å²) in [6, 6.07) is 17.3. The molecule has 1 aromatic heterocycles. The Kier molecular flexibility index (Phi) is 4.55. The minimum absolute atomic E-state index is 0.00590. The van der Waals surface area contributed by atoms with Gasteiger partial charge in [0.1, 0.15) is 5.82 Å². The Labute approximate surface area is 180 Å². The molecule has 1 N–H and O–H groups in total. The second-order valence-electron chi connectivity index (χ2n) is 7.66. The number of aromatic nitrogens is 1. The average Bonchev–Trinajstić information content (AvgIpc) is 2.94. The van der Waals surface area contributed by atoms with Gasteiger partial charge in [-0.15, -0.1) is 0 Å². The summed E-state index contributed by atoms with van der Waals surface area (Å²) < 4.78 is 0. The van der Waals surface area contributed by atoms with Crippen LogP contribution in [0.2, 0.25) is 0 Å². The van der Waals surface area contributed by atoms with Crippen LogP contribution in [-0.4, -0.2) is 35.3 Å². The van der Waals surface area contributed by atoms with Gasteiger partial charge in [0, 0.05) is 43.0 Å². The zero-order valence-corrected chi connectivity index (χ0v) is 17.4. The molecular formula is C25H22N4O2. The summed E-state index contributed by atoms with van der Waals surface area (Å²) >= 11 is 0. The third-order valence-corrected chi connectivity index (χ3v) is 5.72. The summed E-state index contributed by atoms with van der Waals surface area (Å²) in [7, 11) is 1.81. The molecule has 0 radical (unpaired) electrons. The van der Waals surface area contributed by atoms with Crippen molar-refractivity contribution in [1.82, 2.24) is 15.2 Å². The van der Waals surface area contributed by atoms with Gasteiger partial charge < -0.3 is 15.1 Å². The monoisotopic (exact) mass is 410 g/mol. The molecule has 0 atom stereocenters. The minimum atomic E-state index is -0.0875. The van der Waals surface area contributed by atoms with Crippen LogP contribution >= 0.6 is 0 Å². The molecule has 5 rings (SSSR count). The van der Waals surface area contributed by atoms with Gasteiger partial charge in [0.25, 0.3) is 11.8 Å². The van der Waals surface area contributed by atoms with Crippen molar-refractivity contribution in [2.75, 3.05) is 18.5 Å². The number of anilines is 2. The van der Waals surface area contributed by atoms with Crippen molar-refractivity contribution >= 4 is 35.1 Å². The fraction of sp³-hybridized carbons (Fsp3) is 0.160. The fourth-order valence-electron chi connectivity index (χ4n) is 4.26. The third kappa shape index (κ3) is 3.08. The molecule has 0 spiro atoms. The molecule has 2 aromatic carbocycles. The van der Waals surface area contributed by atoms with Crippen LogP contribution < -0.4 is 10.2 Å². The van der Waals surface area contributed by atoms with Crippen LogP contribution in [0.3, 0.4) is 0 Å². The molecule has 3 heterocycles. The molecule has 6 nitrogen and oxygen atoms in total. The molecule has 0 unspecified atom stereocenters. The quantitative estimate of drug-likeness (QED) is 0.704. The number of rotatable bonds is 4. The Morgan fingerprint density at radius 1 is 1.10 bits per heavy atom. The molecule has 0 bridgehead atoms. The van der Waals surface area contributed by atoms with Crippen molar-refractivity contribution in [3.8, 4) is 0 Å². The maximum atomic E-state index is 12.8. The number of benzene rings is 2. The molecule has 31 heavy (non-hydrogen) atoms. The van der Waals surface area contributed by atoms with E-state index in [-0.39, 0.29) is 11.8 Å². The maximum absolute atomic E-state index is 12.8. The second-order valence-corrected chi connectivity index (χ2v) is 7.66. The number of nitrogens with zero attached hydrogens (tertiary/aromatic N) is 3. The van der Waals surface area contributed by atoms with Gasteiger partial charge in [-0.1, -0.05) is 18.2 Å². The normalized spacial score (nSPS) is 14.0. The van der Waals surface area contributed by atoms with Gasteiger partial charge in [-0.25, -0.2) is 4.98 Å². The molecule has 2 amide bonds. The SMILES string of the molecule is CCNC(=O)c1cccc(CN2c3cccc4c3C(=Cc3cccnc32)N(C)C4=O)c1. The summed E-state index contributed by atoms with van der Waals surface area (Å²) in [5, 5.41) is 2.85. The lowest BCUT2D eigenvalue weighted by molar-refractivity contribution is 0.0874. The lowest BCUT2D eigenvalue weighted by Gasteiger charge is -2.26. The summed E-state index contributed by atoms with van der Waals surface area (Å²) in [4.78, 5) is 33.6. The molecule has 0 fully saturated rings. The highest BCUT2D eigenvalue weighted by Crippen LogP contribution is 2.45. The van der Waals surface area contributed by atoms with Crippen molar-refractivity contribution in [2.24, 2.45) is 0 Å². The molecule has 2 aliphatic rings. The van der Waals surface area contributed by atoms with E-state index < -0.39 is 0 Å². The Morgan fingerprint density at radius 2 is 1.94 bits per heavy atom. The van der Waals surface area contributed by atoms with E-state index in [1.54, 1.807) is 18.1 Å². The zero-order chi connectivity index (χ0) is 21.5. The Bertz CT molecular complexity index is 1250. The number of carbonyl (C=O) groups excluding carboxylic acids is 2. The van der Waals surface area contributed by atoms with Crippen LogP contribution in [0.1, 0.15) is 44.3 Å². The summed E-state index contributed by atoms with van der Waals surface area (Å²) in [5.41, 5.74) is 5.99. The van der Waals surface area contributed by atoms with E-state index in [0.29, 0.717) is 24.2 Å². The number of fused-ring (bicyclic) bond motifs is 1. The number of carbonyl (C=O) groups is 2. The molecule has 6 heteroatoms. The first-order valence-corrected chi connectivity index (χ1v) is 10.3. The van der Waals surface area contributed by atoms with Crippen LogP contribution in [-0.2, 0) is 6.54 Å². The number of hydrogen-bond acceptors (Lipinski definition) is 4. The van der Waals surface area contributed by atoms with Crippen molar-refractivity contribution in [2.45, 2.75) is 13.5 Å². The van der Waals surface area contributed by atoms with E-state index in [0.717, 1.165) is 33.9 Å². The predicted molar refractivity (Wildman–Crippen MR) is 121 cm³/mol. The van der Waals surface area contributed by atoms with Gasteiger partial charge in [0.15, 0.2) is 0 Å². The first-order valence-electron chi connectivity index (χ1n) is 10.3. The van der Waals surface area contributed by atoms with E-state index in [4.69, 9.17) is 0 Å². The second kappa shape index (κ2) is 7.40. The number of nitrogens with one attached hydrogen (secondary N) is 1. The number of pyridine rings is 1. The Balaban J connectivity index is 1.64. The van der Waals surface area contributed by atoms with Gasteiger partial charge in [0.05, 0.1) is 16.9 Å². The predicted octanol–water partition coefficient (Wildman–Crippen LogP) is 4.07. The molecule has 0 aliphatic carbocycles. The van der Waals surface area contributed by atoms with Crippen molar-refractivity contribution in [1.29, 1.82) is 0 Å². The van der Waals surface area contributed by atoms with Crippen LogP contribution in [0.25, 0.3) is 11.8 Å². The van der Waals surface area contributed by atoms with E-state index in [1.807, 2.05) is 67.6 Å². The van der Waals surface area contributed by atoms with E-state index in [1.165, 1.54) is 0 Å². The Hall–Kier alpha value is -3.93. The van der Waals surface area contributed by atoms with Crippen LogP contribution in [0, 0.1) is 0 Å². The molecule has 154 valence electrons. The lowest BCUT2D eigenvalue weighted by Crippen LogP contribution is -2.23.